The van der Waals surface area contributed by atoms with Crippen molar-refractivity contribution in [3.63, 3.8) is 0 Å². The Balaban J connectivity index is 1.29. The van der Waals surface area contributed by atoms with Gasteiger partial charge in [0.05, 0.1) is 28.4 Å². The largest absolute Gasteiger partial charge is 0.497 e. The predicted molar refractivity (Wildman–Crippen MR) is 291 cm³/mol. The molecule has 0 unspecified atom stereocenters. The zero-order valence-corrected chi connectivity index (χ0v) is 41.2. The molecule has 0 N–H and O–H groups in total. The van der Waals surface area contributed by atoms with E-state index in [1.165, 1.54) is 0 Å². The molecule has 10 rings (SSSR count). The van der Waals surface area contributed by atoms with Crippen molar-refractivity contribution >= 4 is 21.5 Å². The molecular formula is C64H54O8. The number of ether oxygens (including phenoxy) is 8. The van der Waals surface area contributed by atoms with Crippen LogP contribution in [0.2, 0.25) is 0 Å². The Morgan fingerprint density at radius 1 is 0.278 bits per heavy atom. The molecule has 0 amide bonds. The molecule has 0 aliphatic heterocycles. The first kappa shape index (κ1) is 47.1. The molecule has 0 aliphatic carbocycles. The standard InChI is InChI=1S/C64H54O8/c1-65-39-71-63-59(51-33-47(41-15-23-53(67-3)24-16-41)31-48(34-51)42-17-25-54(68-4)26-18-42)37-45-11-7-9-13-57(45)61(63)62-58-14-10-8-12-46(58)38-60(64(62)72-40-66-2)52-35-49(43-19-27-55(69-5)28-20-43)32-50(36-52)44-21-29-56(70-6)30-22-44/h7-38H,39-40H2,1-6H3. The molecule has 10 aromatic rings. The van der Waals surface area contributed by atoms with Crippen LogP contribution >= 0.6 is 0 Å². The second-order valence-corrected chi connectivity index (χ2v) is 17.3. The lowest BCUT2D eigenvalue weighted by atomic mass is 9.85. The highest BCUT2D eigenvalue weighted by Crippen LogP contribution is 2.53. The molecular weight excluding hydrogens is 897 g/mol. The molecule has 0 aliphatic rings. The molecule has 0 spiro atoms. The van der Waals surface area contributed by atoms with Gasteiger partial charge in [0.25, 0.3) is 0 Å². The average molecular weight is 951 g/mol. The lowest BCUT2D eigenvalue weighted by molar-refractivity contribution is 0.0506. The molecule has 0 saturated carbocycles. The van der Waals surface area contributed by atoms with E-state index in [-0.39, 0.29) is 13.6 Å². The Kier molecular flexibility index (Phi) is 13.9. The van der Waals surface area contributed by atoms with Crippen LogP contribution in [0.4, 0.5) is 0 Å². The van der Waals surface area contributed by atoms with Crippen LogP contribution in [0.3, 0.4) is 0 Å². The van der Waals surface area contributed by atoms with Crippen molar-refractivity contribution < 1.29 is 37.9 Å². The maximum absolute atomic E-state index is 6.97. The maximum Gasteiger partial charge on any atom is 0.188 e. The van der Waals surface area contributed by atoms with Crippen LogP contribution in [0, 0.1) is 0 Å². The molecule has 0 fully saturated rings. The van der Waals surface area contributed by atoms with Gasteiger partial charge < -0.3 is 37.9 Å². The predicted octanol–water partition coefficient (Wildman–Crippen LogP) is 15.7. The quantitative estimate of drug-likeness (QED) is 0.0836. The van der Waals surface area contributed by atoms with Gasteiger partial charge in [-0.3, -0.25) is 0 Å². The molecule has 0 bridgehead atoms. The smallest absolute Gasteiger partial charge is 0.188 e. The molecule has 10 aromatic carbocycles. The Labute approximate surface area is 420 Å². The van der Waals surface area contributed by atoms with Crippen LogP contribution in [-0.2, 0) is 9.47 Å². The number of methoxy groups -OCH3 is 6. The molecule has 8 heteroatoms. The summed E-state index contributed by atoms with van der Waals surface area (Å²) in [6.07, 6.45) is 0. The third kappa shape index (κ3) is 9.53. The van der Waals surface area contributed by atoms with E-state index < -0.39 is 0 Å². The average Bonchev–Trinajstić information content (AvgIpc) is 3.45. The number of hydrogen-bond acceptors (Lipinski definition) is 8. The monoisotopic (exact) mass is 950 g/mol. The summed E-state index contributed by atoms with van der Waals surface area (Å²) in [6.45, 7) is -0.0221. The minimum atomic E-state index is -0.0111. The number of benzene rings is 10. The summed E-state index contributed by atoms with van der Waals surface area (Å²) in [5.74, 6) is 4.41. The summed E-state index contributed by atoms with van der Waals surface area (Å²) in [5, 5.41) is 3.99. The summed E-state index contributed by atoms with van der Waals surface area (Å²) in [7, 11) is 10.0. The molecule has 72 heavy (non-hydrogen) atoms. The normalized spacial score (nSPS) is 11.1. The van der Waals surface area contributed by atoms with Crippen molar-refractivity contribution in [2.45, 2.75) is 0 Å². The van der Waals surface area contributed by atoms with E-state index in [1.807, 2.05) is 48.5 Å². The topological polar surface area (TPSA) is 73.8 Å². The molecule has 0 radical (unpaired) electrons. The van der Waals surface area contributed by atoms with Crippen molar-refractivity contribution in [3.05, 3.63) is 194 Å². The minimum absolute atomic E-state index is 0.0111. The summed E-state index contributed by atoms with van der Waals surface area (Å²) in [6, 6.07) is 67.3. The van der Waals surface area contributed by atoms with Gasteiger partial charge in [0.15, 0.2) is 13.6 Å². The summed E-state index contributed by atoms with van der Waals surface area (Å²) < 4.78 is 47.7. The first-order valence-electron chi connectivity index (χ1n) is 23.6. The minimum Gasteiger partial charge on any atom is -0.497 e. The lowest BCUT2D eigenvalue weighted by Crippen LogP contribution is -2.06. The Hall–Kier alpha value is -8.56. The van der Waals surface area contributed by atoms with Gasteiger partial charge in [-0.1, -0.05) is 97.1 Å². The van der Waals surface area contributed by atoms with Crippen LogP contribution < -0.4 is 28.4 Å². The van der Waals surface area contributed by atoms with Crippen molar-refractivity contribution in [3.8, 4) is 112 Å². The number of fused-ring (bicyclic) bond motifs is 2. The van der Waals surface area contributed by atoms with E-state index in [1.54, 1.807) is 42.7 Å². The Morgan fingerprint density at radius 3 is 0.833 bits per heavy atom. The van der Waals surface area contributed by atoms with Gasteiger partial charge in [-0.05, 0) is 174 Å². The Morgan fingerprint density at radius 2 is 0.556 bits per heavy atom. The number of rotatable bonds is 17. The van der Waals surface area contributed by atoms with Gasteiger partial charge in [-0.25, -0.2) is 0 Å². The molecule has 0 atom stereocenters. The van der Waals surface area contributed by atoms with Gasteiger partial charge in [-0.15, -0.1) is 0 Å². The fraction of sp³-hybridized carbons (Fsp3) is 0.125. The van der Waals surface area contributed by atoms with E-state index in [9.17, 15) is 0 Å². The molecule has 358 valence electrons. The van der Waals surface area contributed by atoms with Crippen molar-refractivity contribution in [1.82, 2.24) is 0 Å². The second kappa shape index (κ2) is 21.2. The van der Waals surface area contributed by atoms with E-state index in [4.69, 9.17) is 37.9 Å². The van der Waals surface area contributed by atoms with Gasteiger partial charge in [0.1, 0.15) is 34.5 Å². The highest BCUT2D eigenvalue weighted by molar-refractivity contribution is 6.14. The van der Waals surface area contributed by atoms with E-state index in [0.29, 0.717) is 11.5 Å². The highest BCUT2D eigenvalue weighted by atomic mass is 16.7. The van der Waals surface area contributed by atoms with Gasteiger partial charge >= 0.3 is 0 Å². The summed E-state index contributed by atoms with van der Waals surface area (Å²) in [4.78, 5) is 0. The van der Waals surface area contributed by atoms with E-state index in [0.717, 1.165) is 122 Å². The van der Waals surface area contributed by atoms with Crippen LogP contribution in [0.25, 0.3) is 99.4 Å². The van der Waals surface area contributed by atoms with Gasteiger partial charge in [-0.2, -0.15) is 0 Å². The van der Waals surface area contributed by atoms with Gasteiger partial charge in [0, 0.05) is 36.5 Å². The SMILES string of the molecule is COCOc1c(-c2cc(-c3ccc(OC)cc3)cc(-c3ccc(OC)cc3)c2)cc2ccccc2c1-c1c(OCOC)c(-c2cc(-c3ccc(OC)cc3)cc(-c3ccc(OC)cc3)c2)cc2ccccc12. The fourth-order valence-electron chi connectivity index (χ4n) is 9.48. The van der Waals surface area contributed by atoms with Crippen molar-refractivity contribution in [2.24, 2.45) is 0 Å². The van der Waals surface area contributed by atoms with Crippen LogP contribution in [0.15, 0.2) is 194 Å². The van der Waals surface area contributed by atoms with Crippen molar-refractivity contribution in [1.29, 1.82) is 0 Å². The Bertz CT molecular complexity index is 3140. The van der Waals surface area contributed by atoms with Crippen LogP contribution in [0.1, 0.15) is 0 Å². The maximum atomic E-state index is 6.97. The third-order valence-corrected chi connectivity index (χ3v) is 13.1. The summed E-state index contributed by atoms with van der Waals surface area (Å²) >= 11 is 0. The summed E-state index contributed by atoms with van der Waals surface area (Å²) in [5.41, 5.74) is 13.6. The first-order valence-corrected chi connectivity index (χ1v) is 23.6. The first-order chi connectivity index (χ1) is 35.4. The van der Waals surface area contributed by atoms with E-state index >= 15 is 0 Å². The molecule has 0 heterocycles. The zero-order chi connectivity index (χ0) is 49.6. The van der Waals surface area contributed by atoms with Crippen molar-refractivity contribution in [2.75, 3.05) is 56.2 Å². The van der Waals surface area contributed by atoms with Crippen LogP contribution in [0.5, 0.6) is 34.5 Å². The van der Waals surface area contributed by atoms with E-state index in [2.05, 4.69) is 146 Å². The van der Waals surface area contributed by atoms with Gasteiger partial charge in [0.2, 0.25) is 0 Å². The van der Waals surface area contributed by atoms with Crippen LogP contribution in [-0.4, -0.2) is 56.2 Å². The molecule has 0 saturated heterocycles. The fourth-order valence-corrected chi connectivity index (χ4v) is 9.48. The molecule has 0 aromatic heterocycles. The zero-order valence-electron chi connectivity index (χ0n) is 41.2. The molecule has 8 nitrogen and oxygen atoms in total. The third-order valence-electron chi connectivity index (χ3n) is 13.1. The second-order valence-electron chi connectivity index (χ2n) is 17.3. The highest BCUT2D eigenvalue weighted by Gasteiger charge is 2.27. The lowest BCUT2D eigenvalue weighted by Gasteiger charge is -2.24. The number of hydrogen-bond donors (Lipinski definition) is 0.